The number of hydrogen-bond acceptors (Lipinski definition) is 5. The first-order valence-corrected chi connectivity index (χ1v) is 12.2. The number of piperidine rings is 1. The van der Waals surface area contributed by atoms with Gasteiger partial charge in [0.2, 0.25) is 5.91 Å². The van der Waals surface area contributed by atoms with Crippen molar-refractivity contribution in [3.63, 3.8) is 0 Å². The summed E-state index contributed by atoms with van der Waals surface area (Å²) in [6.45, 7) is 21.4. The van der Waals surface area contributed by atoms with E-state index in [9.17, 15) is 14.4 Å². The highest BCUT2D eigenvalue weighted by Crippen LogP contribution is 2.55. The van der Waals surface area contributed by atoms with Crippen molar-refractivity contribution in [1.29, 1.82) is 0 Å². The fourth-order valence-corrected chi connectivity index (χ4v) is 5.66. The number of hydrogen-bond donors (Lipinski definition) is 0. The average molecular weight is 483 g/mol. The van der Waals surface area contributed by atoms with Gasteiger partial charge in [0.15, 0.2) is 0 Å². The Hall–Kier alpha value is -2.70. The van der Waals surface area contributed by atoms with Crippen molar-refractivity contribution in [3.05, 3.63) is 32.9 Å². The SMILES string of the molecule is Cc1c(C)c(N(C)C)c2c(=O)n(C3(C)C(=O)N(C)C(=O)C(C)(C)C3(C)C)c(C(C)(C)C)nc2c1C. The number of carbonyl (C=O) groups excluding carboxylic acids is 2. The van der Waals surface area contributed by atoms with E-state index in [0.717, 1.165) is 22.4 Å². The van der Waals surface area contributed by atoms with Gasteiger partial charge in [-0.05, 0) is 44.4 Å². The molecule has 1 fully saturated rings. The van der Waals surface area contributed by atoms with Gasteiger partial charge in [0.05, 0.1) is 22.0 Å². The number of aromatic nitrogens is 2. The van der Waals surface area contributed by atoms with Crippen LogP contribution in [0.2, 0.25) is 0 Å². The van der Waals surface area contributed by atoms with Crippen LogP contribution in [0.15, 0.2) is 4.79 Å². The molecule has 0 aliphatic carbocycles. The number of imide groups is 1. The van der Waals surface area contributed by atoms with E-state index in [-0.39, 0.29) is 11.5 Å². The predicted octanol–water partition coefficient (Wildman–Crippen LogP) is 4.45. The summed E-state index contributed by atoms with van der Waals surface area (Å²) in [5, 5.41) is 0.505. The van der Waals surface area contributed by atoms with E-state index in [1.165, 1.54) is 11.9 Å². The van der Waals surface area contributed by atoms with E-state index >= 15 is 0 Å². The molecule has 1 atom stereocenters. The first-order chi connectivity index (χ1) is 15.7. The Balaban J connectivity index is 2.71. The molecule has 1 aromatic heterocycles. The number of likely N-dealkylation sites (N-methyl/N-ethyl adjacent to an activating group) is 1. The number of likely N-dealkylation sites (tertiary alicyclic amines) is 1. The lowest BCUT2D eigenvalue weighted by atomic mass is 9.54. The second kappa shape index (κ2) is 7.65. The van der Waals surface area contributed by atoms with Crippen molar-refractivity contribution in [3.8, 4) is 0 Å². The average Bonchev–Trinajstić information content (AvgIpc) is 2.73. The van der Waals surface area contributed by atoms with Gasteiger partial charge in [0.1, 0.15) is 11.4 Å². The first kappa shape index (κ1) is 26.9. The normalized spacial score (nSPS) is 22.2. The minimum absolute atomic E-state index is 0.250. The summed E-state index contributed by atoms with van der Waals surface area (Å²) in [6.07, 6.45) is 0. The van der Waals surface area contributed by atoms with Gasteiger partial charge in [-0.15, -0.1) is 0 Å². The number of anilines is 1. The second-order valence-electron chi connectivity index (χ2n) is 12.7. The van der Waals surface area contributed by atoms with Crippen molar-refractivity contribution in [2.75, 3.05) is 26.0 Å². The Morgan fingerprint density at radius 1 is 0.829 bits per heavy atom. The van der Waals surface area contributed by atoms with Gasteiger partial charge >= 0.3 is 0 Å². The molecule has 0 saturated carbocycles. The molecule has 3 rings (SSSR count). The summed E-state index contributed by atoms with van der Waals surface area (Å²) in [7, 11) is 5.36. The Morgan fingerprint density at radius 3 is 1.80 bits per heavy atom. The topological polar surface area (TPSA) is 75.5 Å². The van der Waals surface area contributed by atoms with E-state index in [2.05, 4.69) is 6.92 Å². The van der Waals surface area contributed by atoms with Crippen LogP contribution in [0, 0.1) is 31.6 Å². The summed E-state index contributed by atoms with van der Waals surface area (Å²) in [5.41, 5.74) is 0.598. The molecule has 2 heterocycles. The molecule has 1 unspecified atom stereocenters. The molecule has 1 aliphatic rings. The molecule has 2 amide bonds. The largest absolute Gasteiger partial charge is 0.377 e. The Bertz CT molecular complexity index is 1320. The second-order valence-corrected chi connectivity index (χ2v) is 12.7. The van der Waals surface area contributed by atoms with Gasteiger partial charge < -0.3 is 4.90 Å². The van der Waals surface area contributed by atoms with Crippen molar-refractivity contribution in [2.24, 2.45) is 10.8 Å². The van der Waals surface area contributed by atoms with Crippen LogP contribution in [0.4, 0.5) is 5.69 Å². The molecular weight excluding hydrogens is 440 g/mol. The molecule has 2 aromatic rings. The first-order valence-electron chi connectivity index (χ1n) is 12.2. The predicted molar refractivity (Wildman–Crippen MR) is 142 cm³/mol. The lowest BCUT2D eigenvalue weighted by Crippen LogP contribution is -2.71. The van der Waals surface area contributed by atoms with Crippen LogP contribution >= 0.6 is 0 Å². The van der Waals surface area contributed by atoms with Gasteiger partial charge in [-0.25, -0.2) is 4.98 Å². The lowest BCUT2D eigenvalue weighted by Gasteiger charge is -2.58. The van der Waals surface area contributed by atoms with E-state index in [1.54, 1.807) is 11.5 Å². The summed E-state index contributed by atoms with van der Waals surface area (Å²) in [6, 6.07) is 0. The third-order valence-corrected chi connectivity index (χ3v) is 9.06. The summed E-state index contributed by atoms with van der Waals surface area (Å²) < 4.78 is 1.61. The number of amides is 2. The number of aryl methyl sites for hydroxylation is 1. The number of nitrogens with zero attached hydrogens (tertiary/aromatic N) is 4. The van der Waals surface area contributed by atoms with Crippen LogP contribution in [0.5, 0.6) is 0 Å². The van der Waals surface area contributed by atoms with Crippen LogP contribution in [0.3, 0.4) is 0 Å². The molecule has 0 spiro atoms. The smallest absolute Gasteiger partial charge is 0.264 e. The molecule has 35 heavy (non-hydrogen) atoms. The van der Waals surface area contributed by atoms with Crippen molar-refractivity contribution in [2.45, 2.75) is 87.1 Å². The highest BCUT2D eigenvalue weighted by molar-refractivity contribution is 6.05. The van der Waals surface area contributed by atoms with Gasteiger partial charge in [0.25, 0.3) is 11.5 Å². The van der Waals surface area contributed by atoms with Gasteiger partial charge in [-0.2, -0.15) is 0 Å². The summed E-state index contributed by atoms with van der Waals surface area (Å²) in [5.74, 6) is -0.110. The maximum absolute atomic E-state index is 14.7. The fourth-order valence-electron chi connectivity index (χ4n) is 5.66. The summed E-state index contributed by atoms with van der Waals surface area (Å²) in [4.78, 5) is 50.3. The lowest BCUT2D eigenvalue weighted by molar-refractivity contribution is -0.181. The van der Waals surface area contributed by atoms with E-state index < -0.39 is 27.7 Å². The third kappa shape index (κ3) is 3.22. The van der Waals surface area contributed by atoms with Crippen LogP contribution in [-0.4, -0.2) is 47.4 Å². The number of rotatable bonds is 2. The highest BCUT2D eigenvalue weighted by Gasteiger charge is 2.66. The van der Waals surface area contributed by atoms with Crippen LogP contribution < -0.4 is 10.5 Å². The van der Waals surface area contributed by atoms with E-state index in [4.69, 9.17) is 4.98 Å². The molecule has 192 valence electrons. The van der Waals surface area contributed by atoms with Crippen LogP contribution in [0.1, 0.15) is 77.9 Å². The minimum atomic E-state index is -1.35. The maximum Gasteiger partial charge on any atom is 0.264 e. The van der Waals surface area contributed by atoms with Gasteiger partial charge in [-0.3, -0.25) is 23.9 Å². The highest BCUT2D eigenvalue weighted by atomic mass is 16.2. The van der Waals surface area contributed by atoms with Crippen molar-refractivity contribution >= 4 is 28.4 Å². The number of fused-ring (bicyclic) bond motifs is 1. The Kier molecular flexibility index (Phi) is 5.88. The number of benzene rings is 1. The molecule has 1 aromatic carbocycles. The van der Waals surface area contributed by atoms with Crippen molar-refractivity contribution < 1.29 is 9.59 Å². The standard InChI is InChI=1S/C28H42N4O3/c1-15-16(2)19-18(20(17(15)3)30(12)13)21(33)32(22(29-19)25(4,5)6)28(11)24(35)31(14)23(34)26(7,8)27(28,9)10/h1-14H3. The summed E-state index contributed by atoms with van der Waals surface area (Å²) >= 11 is 0. The Labute approximate surface area is 209 Å². The molecule has 0 radical (unpaired) electrons. The van der Waals surface area contributed by atoms with E-state index in [0.29, 0.717) is 16.7 Å². The molecule has 7 heteroatoms. The van der Waals surface area contributed by atoms with Gasteiger partial charge in [-0.1, -0.05) is 48.5 Å². The minimum Gasteiger partial charge on any atom is -0.377 e. The zero-order valence-corrected chi connectivity index (χ0v) is 24.0. The monoisotopic (exact) mass is 482 g/mol. The maximum atomic E-state index is 14.7. The Morgan fingerprint density at radius 2 is 1.34 bits per heavy atom. The number of carbonyl (C=O) groups is 2. The zero-order valence-electron chi connectivity index (χ0n) is 24.0. The van der Waals surface area contributed by atoms with Gasteiger partial charge in [0, 0.05) is 32.0 Å². The molecule has 0 bridgehead atoms. The zero-order chi connectivity index (χ0) is 27.2. The quantitative estimate of drug-likeness (QED) is 0.591. The van der Waals surface area contributed by atoms with Crippen molar-refractivity contribution in [1.82, 2.24) is 14.5 Å². The molecule has 1 saturated heterocycles. The molecule has 7 nitrogen and oxygen atoms in total. The fraction of sp³-hybridized carbons (Fsp3) is 0.643. The van der Waals surface area contributed by atoms with E-state index in [1.807, 2.05) is 81.3 Å². The molecular formula is C28H42N4O3. The van der Waals surface area contributed by atoms with Crippen LogP contribution in [-0.2, 0) is 20.5 Å². The van der Waals surface area contributed by atoms with Crippen LogP contribution in [0.25, 0.3) is 10.9 Å². The molecule has 0 N–H and O–H groups in total. The molecule has 1 aliphatic heterocycles. The third-order valence-electron chi connectivity index (χ3n) is 9.06.